The van der Waals surface area contributed by atoms with Crippen molar-refractivity contribution in [2.24, 2.45) is 7.05 Å². The molecular formula is C9H13ClN4. The lowest BCUT2D eigenvalue weighted by Gasteiger charge is -2.11. The highest BCUT2D eigenvalue weighted by Gasteiger charge is 2.12. The number of halogens is 1. The highest BCUT2D eigenvalue weighted by atomic mass is 35.5. The molecule has 0 atom stereocenters. The van der Waals surface area contributed by atoms with E-state index in [9.17, 15) is 0 Å². The first-order chi connectivity index (χ1) is 6.56. The minimum absolute atomic E-state index is 0.394. The van der Waals surface area contributed by atoms with E-state index in [-0.39, 0.29) is 0 Å². The van der Waals surface area contributed by atoms with E-state index in [2.05, 4.69) is 11.2 Å². The first kappa shape index (κ1) is 11.0. The van der Waals surface area contributed by atoms with Gasteiger partial charge in [0, 0.05) is 19.2 Å². The van der Waals surface area contributed by atoms with Gasteiger partial charge in [0.25, 0.3) is 0 Å². The van der Waals surface area contributed by atoms with E-state index < -0.39 is 0 Å². The monoisotopic (exact) mass is 212 g/mol. The smallest absolute Gasteiger partial charge is 0.131 e. The van der Waals surface area contributed by atoms with Gasteiger partial charge in [-0.3, -0.25) is 9.58 Å². The Morgan fingerprint density at radius 1 is 1.64 bits per heavy atom. The average Bonchev–Trinajstić information content (AvgIpc) is 2.33. The van der Waals surface area contributed by atoms with Crippen LogP contribution in [0.1, 0.15) is 11.3 Å². The fourth-order valence-electron chi connectivity index (χ4n) is 1.30. The first-order valence-corrected chi connectivity index (χ1v) is 4.67. The fourth-order valence-corrected chi connectivity index (χ4v) is 1.53. The van der Waals surface area contributed by atoms with Gasteiger partial charge in [0.2, 0.25) is 0 Å². The number of nitrogens with zero attached hydrogens (tertiary/aromatic N) is 4. The predicted octanol–water partition coefficient (Wildman–Crippen LogP) is 1.34. The van der Waals surface area contributed by atoms with Gasteiger partial charge in [-0.05, 0) is 14.0 Å². The van der Waals surface area contributed by atoms with Crippen LogP contribution in [0.2, 0.25) is 5.15 Å². The molecule has 5 heteroatoms. The van der Waals surface area contributed by atoms with Crippen LogP contribution in [-0.4, -0.2) is 28.3 Å². The van der Waals surface area contributed by atoms with Crippen LogP contribution < -0.4 is 0 Å². The van der Waals surface area contributed by atoms with Crippen molar-refractivity contribution in [3.63, 3.8) is 0 Å². The second kappa shape index (κ2) is 4.45. The van der Waals surface area contributed by atoms with Crippen molar-refractivity contribution >= 4 is 11.6 Å². The van der Waals surface area contributed by atoms with E-state index in [1.54, 1.807) is 4.68 Å². The summed E-state index contributed by atoms with van der Waals surface area (Å²) in [6, 6.07) is 2.09. The maximum Gasteiger partial charge on any atom is 0.131 e. The Kier molecular flexibility index (Phi) is 3.50. The maximum absolute atomic E-state index is 8.51. The minimum Gasteiger partial charge on any atom is -0.289 e. The number of rotatable bonds is 3. The van der Waals surface area contributed by atoms with Crippen LogP contribution in [0, 0.1) is 18.3 Å². The molecule has 0 aromatic carbocycles. The highest BCUT2D eigenvalue weighted by molar-refractivity contribution is 6.30. The quantitative estimate of drug-likeness (QED) is 0.711. The molecule has 1 rings (SSSR count). The second-order valence-electron chi connectivity index (χ2n) is 3.31. The Morgan fingerprint density at radius 3 is 2.71 bits per heavy atom. The summed E-state index contributed by atoms with van der Waals surface area (Å²) in [5.41, 5.74) is 1.91. The third-order valence-electron chi connectivity index (χ3n) is 2.04. The molecule has 0 spiro atoms. The van der Waals surface area contributed by atoms with E-state index in [0.717, 1.165) is 11.3 Å². The van der Waals surface area contributed by atoms with Gasteiger partial charge < -0.3 is 0 Å². The number of hydrogen-bond acceptors (Lipinski definition) is 3. The predicted molar refractivity (Wildman–Crippen MR) is 54.9 cm³/mol. The largest absolute Gasteiger partial charge is 0.289 e. The van der Waals surface area contributed by atoms with Crippen molar-refractivity contribution in [1.82, 2.24) is 14.7 Å². The van der Waals surface area contributed by atoms with Gasteiger partial charge in [-0.1, -0.05) is 11.6 Å². The molecule has 0 aliphatic heterocycles. The molecule has 1 aromatic rings. The number of aryl methyl sites for hydroxylation is 2. The van der Waals surface area contributed by atoms with Crippen LogP contribution in [0.15, 0.2) is 0 Å². The zero-order valence-electron chi connectivity index (χ0n) is 8.58. The molecule has 0 amide bonds. The van der Waals surface area contributed by atoms with Crippen LogP contribution >= 0.6 is 11.6 Å². The van der Waals surface area contributed by atoms with Gasteiger partial charge in [0.1, 0.15) is 5.15 Å². The Morgan fingerprint density at radius 2 is 2.29 bits per heavy atom. The van der Waals surface area contributed by atoms with Gasteiger partial charge in [-0.25, -0.2) is 0 Å². The summed E-state index contributed by atoms with van der Waals surface area (Å²) in [6.07, 6.45) is 0. The lowest BCUT2D eigenvalue weighted by Crippen LogP contribution is -2.18. The molecule has 1 aromatic heterocycles. The third kappa shape index (κ3) is 2.25. The topological polar surface area (TPSA) is 44.9 Å². The summed E-state index contributed by atoms with van der Waals surface area (Å²) in [5.74, 6) is 0. The molecule has 0 saturated heterocycles. The van der Waals surface area contributed by atoms with E-state index in [0.29, 0.717) is 18.2 Å². The van der Waals surface area contributed by atoms with Crippen LogP contribution in [-0.2, 0) is 13.6 Å². The maximum atomic E-state index is 8.51. The number of aromatic nitrogens is 2. The summed E-state index contributed by atoms with van der Waals surface area (Å²) in [6.45, 7) is 2.97. The average molecular weight is 213 g/mol. The molecule has 1 heterocycles. The Bertz CT molecular complexity index is 364. The molecule has 4 nitrogen and oxygen atoms in total. The molecule has 0 bridgehead atoms. The van der Waals surface area contributed by atoms with Gasteiger partial charge in [-0.2, -0.15) is 10.4 Å². The number of hydrogen-bond donors (Lipinski definition) is 0. The Labute approximate surface area is 88.7 Å². The summed E-state index contributed by atoms with van der Waals surface area (Å²) >= 11 is 6.05. The SMILES string of the molecule is Cc1nn(C)c(Cl)c1CN(C)CC#N. The Hall–Kier alpha value is -1.05. The van der Waals surface area contributed by atoms with Crippen molar-refractivity contribution < 1.29 is 0 Å². The third-order valence-corrected chi connectivity index (χ3v) is 2.51. The van der Waals surface area contributed by atoms with Crippen LogP contribution in [0.4, 0.5) is 0 Å². The first-order valence-electron chi connectivity index (χ1n) is 4.29. The molecule has 0 fully saturated rings. The van der Waals surface area contributed by atoms with E-state index in [4.69, 9.17) is 16.9 Å². The van der Waals surface area contributed by atoms with Crippen LogP contribution in [0.5, 0.6) is 0 Å². The van der Waals surface area contributed by atoms with Crippen LogP contribution in [0.3, 0.4) is 0 Å². The van der Waals surface area contributed by atoms with E-state index in [1.807, 2.05) is 25.9 Å². The van der Waals surface area contributed by atoms with Gasteiger partial charge in [-0.15, -0.1) is 0 Å². The van der Waals surface area contributed by atoms with E-state index >= 15 is 0 Å². The molecule has 0 N–H and O–H groups in total. The fraction of sp³-hybridized carbons (Fsp3) is 0.556. The van der Waals surface area contributed by atoms with Gasteiger partial charge in [0.15, 0.2) is 0 Å². The highest BCUT2D eigenvalue weighted by Crippen LogP contribution is 2.19. The standard InChI is InChI=1S/C9H13ClN4/c1-7-8(6-13(2)5-4-11)9(10)14(3)12-7/h5-6H2,1-3H3. The minimum atomic E-state index is 0.394. The number of nitriles is 1. The van der Waals surface area contributed by atoms with Gasteiger partial charge >= 0.3 is 0 Å². The normalized spacial score (nSPS) is 10.6. The van der Waals surface area contributed by atoms with Crippen molar-refractivity contribution in [1.29, 1.82) is 5.26 Å². The molecule has 0 aliphatic carbocycles. The summed E-state index contributed by atoms with van der Waals surface area (Å²) < 4.78 is 1.65. The second-order valence-corrected chi connectivity index (χ2v) is 3.67. The van der Waals surface area contributed by atoms with Gasteiger partial charge in [0.05, 0.1) is 18.3 Å². The molecule has 0 radical (unpaired) electrons. The van der Waals surface area contributed by atoms with Crippen molar-refractivity contribution in [3.05, 3.63) is 16.4 Å². The van der Waals surface area contributed by atoms with Crippen molar-refractivity contribution in [3.8, 4) is 6.07 Å². The lowest BCUT2D eigenvalue weighted by atomic mass is 10.2. The zero-order chi connectivity index (χ0) is 10.7. The van der Waals surface area contributed by atoms with E-state index in [1.165, 1.54) is 0 Å². The summed E-state index contributed by atoms with van der Waals surface area (Å²) in [5, 5.41) is 13.4. The van der Waals surface area contributed by atoms with Crippen molar-refractivity contribution in [2.75, 3.05) is 13.6 Å². The molecule has 0 unspecified atom stereocenters. The Balaban J connectivity index is 2.81. The van der Waals surface area contributed by atoms with Crippen LogP contribution in [0.25, 0.3) is 0 Å². The molecule has 0 aliphatic rings. The zero-order valence-corrected chi connectivity index (χ0v) is 9.34. The summed E-state index contributed by atoms with van der Waals surface area (Å²) in [7, 11) is 3.69. The molecule has 14 heavy (non-hydrogen) atoms. The molecular weight excluding hydrogens is 200 g/mol. The molecule has 0 saturated carbocycles. The van der Waals surface area contributed by atoms with Crippen molar-refractivity contribution in [2.45, 2.75) is 13.5 Å². The molecule has 76 valence electrons. The summed E-state index contributed by atoms with van der Waals surface area (Å²) in [4.78, 5) is 1.90. The lowest BCUT2D eigenvalue weighted by molar-refractivity contribution is 0.366.